The Morgan fingerprint density at radius 3 is 2.56 bits per heavy atom. The number of amides is 1. The van der Waals surface area contributed by atoms with Crippen LogP contribution in [0.15, 0.2) is 37.1 Å². The zero-order valence-corrected chi connectivity index (χ0v) is 8.85. The van der Waals surface area contributed by atoms with Gasteiger partial charge in [-0.25, -0.2) is 15.0 Å². The molecule has 5 nitrogen and oxygen atoms in total. The van der Waals surface area contributed by atoms with E-state index in [2.05, 4.69) is 20.3 Å². The van der Waals surface area contributed by atoms with Crippen molar-refractivity contribution in [3.8, 4) is 0 Å². The van der Waals surface area contributed by atoms with E-state index in [9.17, 15) is 4.79 Å². The topological polar surface area (TPSA) is 67.8 Å². The summed E-state index contributed by atoms with van der Waals surface area (Å²) in [5.74, 6) is -0.287. The van der Waals surface area contributed by atoms with Crippen LogP contribution in [0.1, 0.15) is 10.4 Å². The minimum absolute atomic E-state index is 0.287. The van der Waals surface area contributed by atoms with Crippen molar-refractivity contribution in [1.82, 2.24) is 15.0 Å². The molecule has 2 aromatic rings. The van der Waals surface area contributed by atoms with E-state index in [0.717, 1.165) is 0 Å². The van der Waals surface area contributed by atoms with E-state index in [1.165, 1.54) is 24.9 Å². The molecule has 0 saturated carbocycles. The molecule has 80 valence electrons. The Hall–Kier alpha value is -2.01. The largest absolute Gasteiger partial charge is 0.320 e. The number of nitrogens with zero attached hydrogens (tertiary/aromatic N) is 3. The van der Waals surface area contributed by atoms with E-state index in [-0.39, 0.29) is 5.91 Å². The van der Waals surface area contributed by atoms with Crippen molar-refractivity contribution in [3.05, 3.63) is 47.8 Å². The molecule has 0 spiro atoms. The second kappa shape index (κ2) is 4.67. The third-order valence-electron chi connectivity index (χ3n) is 1.81. The first kappa shape index (κ1) is 10.5. The van der Waals surface area contributed by atoms with Gasteiger partial charge in [-0.1, -0.05) is 11.6 Å². The molecule has 1 amide bonds. The summed E-state index contributed by atoms with van der Waals surface area (Å²) in [4.78, 5) is 23.0. The molecular weight excluding hydrogens is 228 g/mol. The monoisotopic (exact) mass is 234 g/mol. The van der Waals surface area contributed by atoms with E-state index >= 15 is 0 Å². The number of carbonyl (C=O) groups is 1. The van der Waals surface area contributed by atoms with Crippen LogP contribution in [-0.4, -0.2) is 20.9 Å². The molecule has 0 unspecified atom stereocenters. The van der Waals surface area contributed by atoms with E-state index in [0.29, 0.717) is 16.4 Å². The Morgan fingerprint density at radius 2 is 1.94 bits per heavy atom. The van der Waals surface area contributed by atoms with Crippen LogP contribution in [0.25, 0.3) is 0 Å². The lowest BCUT2D eigenvalue weighted by Gasteiger charge is -2.03. The van der Waals surface area contributed by atoms with Crippen LogP contribution in [-0.2, 0) is 0 Å². The molecule has 0 bridgehead atoms. The van der Waals surface area contributed by atoms with Crippen molar-refractivity contribution in [2.75, 3.05) is 5.32 Å². The number of anilines is 1. The Balaban J connectivity index is 2.11. The number of rotatable bonds is 2. The minimum atomic E-state index is -0.287. The van der Waals surface area contributed by atoms with Crippen LogP contribution in [0.4, 0.5) is 5.69 Å². The number of carbonyl (C=O) groups excluding carboxylic acids is 1. The van der Waals surface area contributed by atoms with Crippen LogP contribution in [0, 0.1) is 0 Å². The molecule has 0 aliphatic heterocycles. The average molecular weight is 235 g/mol. The fraction of sp³-hybridized carbons (Fsp3) is 0. The van der Waals surface area contributed by atoms with Crippen LogP contribution < -0.4 is 5.32 Å². The Morgan fingerprint density at radius 1 is 1.19 bits per heavy atom. The molecule has 1 N–H and O–H groups in total. The zero-order valence-electron chi connectivity index (χ0n) is 8.09. The van der Waals surface area contributed by atoms with Crippen molar-refractivity contribution in [1.29, 1.82) is 0 Å². The normalized spacial score (nSPS) is 9.81. The molecular formula is C10H7ClN4O. The van der Waals surface area contributed by atoms with Crippen LogP contribution in [0.5, 0.6) is 0 Å². The summed E-state index contributed by atoms with van der Waals surface area (Å²) in [6.45, 7) is 0. The van der Waals surface area contributed by atoms with Gasteiger partial charge in [0.05, 0.1) is 17.4 Å². The maximum Gasteiger partial charge on any atom is 0.258 e. The highest BCUT2D eigenvalue weighted by atomic mass is 35.5. The second-order valence-corrected chi connectivity index (χ2v) is 3.34. The Labute approximate surface area is 96.5 Å². The van der Waals surface area contributed by atoms with Gasteiger partial charge in [-0.2, -0.15) is 0 Å². The number of nitrogens with one attached hydrogen (secondary N) is 1. The summed E-state index contributed by atoms with van der Waals surface area (Å²) in [6, 6.07) is 3.26. The van der Waals surface area contributed by atoms with Crippen molar-refractivity contribution in [2.45, 2.75) is 0 Å². The van der Waals surface area contributed by atoms with Crippen LogP contribution in [0.3, 0.4) is 0 Å². The minimum Gasteiger partial charge on any atom is -0.320 e. The van der Waals surface area contributed by atoms with Crippen molar-refractivity contribution < 1.29 is 4.79 Å². The number of aromatic nitrogens is 3. The Bertz CT molecular complexity index is 486. The molecule has 16 heavy (non-hydrogen) atoms. The summed E-state index contributed by atoms with van der Waals surface area (Å²) in [5.41, 5.74) is 0.954. The van der Waals surface area contributed by atoms with Gasteiger partial charge in [0.15, 0.2) is 0 Å². The lowest BCUT2D eigenvalue weighted by molar-refractivity contribution is 0.102. The van der Waals surface area contributed by atoms with E-state index in [1.807, 2.05) is 0 Å². The molecule has 2 heterocycles. The lowest BCUT2D eigenvalue weighted by atomic mass is 10.3. The average Bonchev–Trinajstić information content (AvgIpc) is 2.33. The van der Waals surface area contributed by atoms with Crippen molar-refractivity contribution in [3.63, 3.8) is 0 Å². The van der Waals surface area contributed by atoms with Gasteiger partial charge in [-0.05, 0) is 12.1 Å². The summed E-state index contributed by atoms with van der Waals surface area (Å²) in [6.07, 6.45) is 5.71. The van der Waals surface area contributed by atoms with E-state index in [4.69, 9.17) is 11.6 Å². The van der Waals surface area contributed by atoms with Gasteiger partial charge in [0, 0.05) is 12.4 Å². The molecule has 6 heteroatoms. The first-order valence-electron chi connectivity index (χ1n) is 4.43. The molecule has 2 rings (SSSR count). The maximum absolute atomic E-state index is 11.6. The van der Waals surface area contributed by atoms with Gasteiger partial charge >= 0.3 is 0 Å². The summed E-state index contributed by atoms with van der Waals surface area (Å²) in [5, 5.41) is 3.02. The van der Waals surface area contributed by atoms with Crippen LogP contribution in [0.2, 0.25) is 5.15 Å². The number of pyridine rings is 1. The van der Waals surface area contributed by atoms with Gasteiger partial charge in [0.2, 0.25) is 0 Å². The predicted molar refractivity (Wildman–Crippen MR) is 59.2 cm³/mol. The van der Waals surface area contributed by atoms with E-state index in [1.54, 1.807) is 12.1 Å². The van der Waals surface area contributed by atoms with Gasteiger partial charge < -0.3 is 5.32 Å². The van der Waals surface area contributed by atoms with Gasteiger partial charge in [-0.3, -0.25) is 4.79 Å². The zero-order chi connectivity index (χ0) is 11.4. The molecule has 0 radical (unpaired) electrons. The van der Waals surface area contributed by atoms with E-state index < -0.39 is 0 Å². The number of halogens is 1. The van der Waals surface area contributed by atoms with Gasteiger partial charge in [-0.15, -0.1) is 0 Å². The molecule has 0 saturated heterocycles. The summed E-state index contributed by atoms with van der Waals surface area (Å²) < 4.78 is 0. The summed E-state index contributed by atoms with van der Waals surface area (Å²) in [7, 11) is 0. The first-order chi connectivity index (χ1) is 7.75. The summed E-state index contributed by atoms with van der Waals surface area (Å²) >= 11 is 5.62. The number of hydrogen-bond donors (Lipinski definition) is 1. The maximum atomic E-state index is 11.6. The highest BCUT2D eigenvalue weighted by Gasteiger charge is 2.05. The smallest absolute Gasteiger partial charge is 0.258 e. The fourth-order valence-electron chi connectivity index (χ4n) is 1.07. The highest BCUT2D eigenvalue weighted by Crippen LogP contribution is 2.10. The molecule has 2 aromatic heterocycles. The third kappa shape index (κ3) is 2.52. The molecule has 0 aliphatic carbocycles. The Kier molecular flexibility index (Phi) is 3.07. The first-order valence-corrected chi connectivity index (χ1v) is 4.81. The van der Waals surface area contributed by atoms with Crippen molar-refractivity contribution >= 4 is 23.2 Å². The lowest BCUT2D eigenvalue weighted by Crippen LogP contribution is -2.12. The quantitative estimate of drug-likeness (QED) is 0.805. The van der Waals surface area contributed by atoms with Crippen LogP contribution >= 0.6 is 11.6 Å². The fourth-order valence-corrected chi connectivity index (χ4v) is 1.18. The molecule has 0 aliphatic rings. The second-order valence-electron chi connectivity index (χ2n) is 2.95. The van der Waals surface area contributed by atoms with Gasteiger partial charge in [0.25, 0.3) is 5.91 Å². The van der Waals surface area contributed by atoms with Gasteiger partial charge in [0.1, 0.15) is 11.5 Å². The predicted octanol–water partition coefficient (Wildman–Crippen LogP) is 1.78. The van der Waals surface area contributed by atoms with Crippen molar-refractivity contribution in [2.24, 2.45) is 0 Å². The standard InChI is InChI=1S/C10H7ClN4O/c11-9-2-1-8(5-14-9)15-10(16)7-3-12-6-13-4-7/h1-6H,(H,15,16). The molecule has 0 aromatic carbocycles. The third-order valence-corrected chi connectivity index (χ3v) is 2.03. The SMILES string of the molecule is O=C(Nc1ccc(Cl)nc1)c1cncnc1. The number of hydrogen-bond acceptors (Lipinski definition) is 4. The molecule has 0 atom stereocenters. The highest BCUT2D eigenvalue weighted by molar-refractivity contribution is 6.29. The molecule has 0 fully saturated rings.